The molecule has 0 fully saturated rings. The van der Waals surface area contributed by atoms with Crippen LogP contribution in [0.3, 0.4) is 0 Å². The molecule has 310 valence electrons. The van der Waals surface area contributed by atoms with E-state index in [9.17, 15) is 49.2 Å². The summed E-state index contributed by atoms with van der Waals surface area (Å²) in [5, 5.41) is 39.0. The summed E-state index contributed by atoms with van der Waals surface area (Å²) in [7, 11) is 0. The van der Waals surface area contributed by atoms with E-state index in [1.807, 2.05) is 0 Å². The number of aromatic hydroxyl groups is 2. The standard InChI is InChI=1S/C42H32F2O16/c1-19(45)35-23(47)7-3-9-27(35)55-17-21(43)39(59-29-11-4-8-24(48)36(29)20(2)46)40(60-32-14-6-13-31-38(32)26(50)16-34(58-31)42(53)54)22(44)18-56-28-10-5-12-30-37(28)25(49)15-33(57-30)41(51)52/h3-16,21-22,39-40,47-48H,17-18H2,1-2H3,(H,51,52)(H,53,54). The Morgan fingerprint density at radius 3 is 1.45 bits per heavy atom. The molecule has 6 rings (SSSR count). The van der Waals surface area contributed by atoms with E-state index in [0.29, 0.717) is 12.1 Å². The van der Waals surface area contributed by atoms with Gasteiger partial charge in [-0.3, -0.25) is 19.2 Å². The quantitative estimate of drug-likeness (QED) is 0.0754. The topological polar surface area (TPSA) is 247 Å². The summed E-state index contributed by atoms with van der Waals surface area (Å²) in [4.78, 5) is 74.5. The van der Waals surface area contributed by atoms with Crippen molar-refractivity contribution in [3.05, 3.63) is 128 Å². The monoisotopic (exact) mass is 830 g/mol. The smallest absolute Gasteiger partial charge is 0.371 e. The highest BCUT2D eigenvalue weighted by molar-refractivity contribution is 6.00. The number of rotatable bonds is 17. The van der Waals surface area contributed by atoms with E-state index in [1.54, 1.807) is 0 Å². The van der Waals surface area contributed by atoms with Crippen molar-refractivity contribution < 1.29 is 76.2 Å². The van der Waals surface area contributed by atoms with Crippen molar-refractivity contribution in [2.75, 3.05) is 13.2 Å². The summed E-state index contributed by atoms with van der Waals surface area (Å²) in [6, 6.07) is 16.1. The maximum absolute atomic E-state index is 17.1. The largest absolute Gasteiger partial charge is 0.507 e. The van der Waals surface area contributed by atoms with E-state index in [-0.39, 0.29) is 33.6 Å². The van der Waals surface area contributed by atoms with Gasteiger partial charge in [-0.2, -0.15) is 0 Å². The van der Waals surface area contributed by atoms with Crippen molar-refractivity contribution in [3.63, 3.8) is 0 Å². The van der Waals surface area contributed by atoms with E-state index in [4.69, 9.17) is 27.8 Å². The van der Waals surface area contributed by atoms with Gasteiger partial charge in [-0.25, -0.2) is 18.4 Å². The molecule has 0 amide bonds. The number of hydrogen-bond donors (Lipinski definition) is 4. The number of carboxylic acids is 2. The number of aromatic carboxylic acids is 2. The van der Waals surface area contributed by atoms with Gasteiger partial charge in [0, 0.05) is 12.1 Å². The number of benzene rings is 4. The summed E-state index contributed by atoms with van der Waals surface area (Å²) < 4.78 is 68.1. The molecule has 0 spiro atoms. The number of ether oxygens (including phenoxy) is 4. The van der Waals surface area contributed by atoms with E-state index in [2.05, 4.69) is 0 Å². The highest BCUT2D eigenvalue weighted by Gasteiger charge is 2.42. The van der Waals surface area contributed by atoms with Crippen molar-refractivity contribution >= 4 is 45.4 Å². The minimum absolute atomic E-state index is 0.233. The molecule has 16 nitrogen and oxygen atoms in total. The van der Waals surface area contributed by atoms with Crippen LogP contribution in [0.1, 0.15) is 55.7 Å². The van der Waals surface area contributed by atoms with Gasteiger partial charge in [-0.15, -0.1) is 0 Å². The minimum atomic E-state index is -2.53. The van der Waals surface area contributed by atoms with Crippen molar-refractivity contribution in [1.29, 1.82) is 0 Å². The number of phenols is 2. The van der Waals surface area contributed by atoms with Gasteiger partial charge in [0.05, 0.1) is 0 Å². The van der Waals surface area contributed by atoms with Gasteiger partial charge in [-0.1, -0.05) is 24.3 Å². The maximum atomic E-state index is 17.1. The average molecular weight is 831 g/mol. The molecule has 0 aliphatic carbocycles. The lowest BCUT2D eigenvalue weighted by molar-refractivity contribution is -0.0545. The van der Waals surface area contributed by atoms with Gasteiger partial charge < -0.3 is 48.2 Å². The number of ketones is 2. The van der Waals surface area contributed by atoms with Gasteiger partial charge in [0.15, 0.2) is 47.0 Å². The molecule has 0 saturated carbocycles. The molecule has 4 aromatic carbocycles. The van der Waals surface area contributed by atoms with Crippen LogP contribution in [-0.4, -0.2) is 81.7 Å². The molecule has 2 heterocycles. The summed E-state index contributed by atoms with van der Waals surface area (Å²) in [6.07, 6.45) is -9.49. The number of halogens is 2. The molecule has 0 aliphatic heterocycles. The number of carbonyl (C=O) groups is 4. The molecule has 60 heavy (non-hydrogen) atoms. The predicted octanol–water partition coefficient (Wildman–Crippen LogP) is 6.14. The Balaban J connectivity index is 1.47. The molecule has 0 bridgehead atoms. The zero-order chi connectivity index (χ0) is 43.4. The SMILES string of the molecule is CC(=O)c1c(O)cccc1OCC(F)C(Oc1cccc(O)c1C(C)=O)C(Oc1cccc2oc(C(=O)O)cc(=O)c12)C(F)COc1cccc2oc(C(=O)O)cc(=O)c12. The number of alkyl halides is 2. The van der Waals surface area contributed by atoms with Crippen molar-refractivity contribution in [2.45, 2.75) is 38.4 Å². The molecular formula is C42H32F2O16. The van der Waals surface area contributed by atoms with Gasteiger partial charge in [-0.05, 0) is 62.4 Å². The lowest BCUT2D eigenvalue weighted by atomic mass is 10.0. The Morgan fingerprint density at radius 2 is 0.967 bits per heavy atom. The minimum Gasteiger partial charge on any atom is -0.507 e. The van der Waals surface area contributed by atoms with E-state index in [0.717, 1.165) is 26.0 Å². The molecule has 2 aromatic heterocycles. The molecule has 0 radical (unpaired) electrons. The highest BCUT2D eigenvalue weighted by Crippen LogP contribution is 2.35. The third-order valence-electron chi connectivity index (χ3n) is 8.93. The number of Topliss-reactive ketones (excluding diaryl/α,β-unsaturated/α-hetero) is 2. The van der Waals surface area contributed by atoms with Crippen LogP contribution in [0.5, 0.6) is 34.5 Å². The molecule has 4 N–H and O–H groups in total. The number of phenolic OH excluding ortho intramolecular Hbond substituents is 2. The Bertz CT molecular complexity index is 2780. The van der Waals surface area contributed by atoms with Gasteiger partial charge >= 0.3 is 11.9 Å². The lowest BCUT2D eigenvalue weighted by Crippen LogP contribution is -2.52. The van der Waals surface area contributed by atoms with Gasteiger partial charge in [0.1, 0.15) is 80.8 Å². The van der Waals surface area contributed by atoms with Crippen LogP contribution in [0.2, 0.25) is 0 Å². The fourth-order valence-electron chi connectivity index (χ4n) is 6.27. The Kier molecular flexibility index (Phi) is 12.1. The number of fused-ring (bicyclic) bond motifs is 2. The summed E-state index contributed by atoms with van der Waals surface area (Å²) in [5.41, 5.74) is -3.13. The van der Waals surface area contributed by atoms with Crippen LogP contribution < -0.4 is 29.8 Å². The Morgan fingerprint density at radius 1 is 0.583 bits per heavy atom. The van der Waals surface area contributed by atoms with Crippen molar-refractivity contribution in [1.82, 2.24) is 0 Å². The first-order chi connectivity index (χ1) is 28.5. The molecule has 4 atom stereocenters. The van der Waals surface area contributed by atoms with E-state index >= 15 is 8.78 Å². The van der Waals surface area contributed by atoms with Crippen LogP contribution in [0.4, 0.5) is 8.78 Å². The second-order valence-corrected chi connectivity index (χ2v) is 13.1. The first-order valence-corrected chi connectivity index (χ1v) is 17.7. The molecule has 4 unspecified atom stereocenters. The zero-order valence-electron chi connectivity index (χ0n) is 31.3. The number of hydrogen-bond acceptors (Lipinski definition) is 14. The molecule has 0 aliphatic rings. The first-order valence-electron chi connectivity index (χ1n) is 17.7. The molecule has 18 heteroatoms. The lowest BCUT2D eigenvalue weighted by Gasteiger charge is -2.33. The number of carboxylic acid groups (broad SMARTS) is 2. The second kappa shape index (κ2) is 17.4. The summed E-state index contributed by atoms with van der Waals surface area (Å²) in [5.74, 6) is -8.52. The predicted molar refractivity (Wildman–Crippen MR) is 205 cm³/mol. The van der Waals surface area contributed by atoms with Crippen LogP contribution in [0.25, 0.3) is 21.9 Å². The van der Waals surface area contributed by atoms with E-state index < -0.39 is 118 Å². The highest BCUT2D eigenvalue weighted by atomic mass is 19.1. The fraction of sp³-hybridized carbons (Fsp3) is 0.190. The Hall–Kier alpha value is -7.76. The molecule has 0 saturated heterocycles. The third-order valence-corrected chi connectivity index (χ3v) is 8.93. The van der Waals surface area contributed by atoms with Crippen LogP contribution in [0.15, 0.2) is 103 Å². The summed E-state index contributed by atoms with van der Waals surface area (Å²) >= 11 is 0. The summed E-state index contributed by atoms with van der Waals surface area (Å²) in [6.45, 7) is 0.0832. The molecule has 6 aromatic rings. The normalized spacial score (nSPS) is 13.2. The third kappa shape index (κ3) is 8.71. The van der Waals surface area contributed by atoms with Gasteiger partial charge in [0.2, 0.25) is 11.5 Å². The molecular weight excluding hydrogens is 798 g/mol. The zero-order valence-corrected chi connectivity index (χ0v) is 31.3. The van der Waals surface area contributed by atoms with Crippen LogP contribution in [0, 0.1) is 0 Å². The van der Waals surface area contributed by atoms with Crippen molar-refractivity contribution in [3.8, 4) is 34.5 Å². The Labute approximate surface area is 335 Å². The fourth-order valence-corrected chi connectivity index (χ4v) is 6.27. The van der Waals surface area contributed by atoms with Crippen LogP contribution in [-0.2, 0) is 0 Å². The van der Waals surface area contributed by atoms with Crippen LogP contribution >= 0.6 is 0 Å². The van der Waals surface area contributed by atoms with Gasteiger partial charge in [0.25, 0.3) is 0 Å². The second-order valence-electron chi connectivity index (χ2n) is 13.1. The average Bonchev–Trinajstić information content (AvgIpc) is 3.19. The number of carbonyl (C=O) groups excluding carboxylic acids is 2. The van der Waals surface area contributed by atoms with E-state index in [1.165, 1.54) is 60.7 Å². The maximum Gasteiger partial charge on any atom is 0.371 e. The van der Waals surface area contributed by atoms with Crippen molar-refractivity contribution in [2.24, 2.45) is 0 Å². The first kappa shape index (κ1) is 41.9.